The highest BCUT2D eigenvalue weighted by Gasteiger charge is 2.19. The van der Waals surface area contributed by atoms with Gasteiger partial charge in [0, 0.05) is 25.0 Å². The number of nitrogens with one attached hydrogen (secondary N) is 1. The van der Waals surface area contributed by atoms with Gasteiger partial charge in [-0.1, -0.05) is 27.2 Å². The Balaban J connectivity index is 4.30. The van der Waals surface area contributed by atoms with Crippen molar-refractivity contribution in [1.82, 2.24) is 10.2 Å². The number of hydrogen-bond donors (Lipinski definition) is 1. The molecule has 0 aliphatic heterocycles. The Bertz CT molecular complexity index is 206. The van der Waals surface area contributed by atoms with E-state index in [-0.39, 0.29) is 6.04 Å². The van der Waals surface area contributed by atoms with E-state index in [0.29, 0.717) is 18.4 Å². The van der Waals surface area contributed by atoms with Crippen LogP contribution in [0.3, 0.4) is 0 Å². The van der Waals surface area contributed by atoms with E-state index in [1.807, 2.05) is 0 Å². The lowest BCUT2D eigenvalue weighted by Crippen LogP contribution is -2.42. The van der Waals surface area contributed by atoms with Gasteiger partial charge in [-0.2, -0.15) is 0 Å². The summed E-state index contributed by atoms with van der Waals surface area (Å²) in [6.45, 7) is 12.4. The maximum Gasteiger partial charge on any atom is 0.224 e. The second-order valence-electron chi connectivity index (χ2n) is 4.86. The zero-order chi connectivity index (χ0) is 13.3. The molecule has 0 radical (unpaired) electrons. The molecule has 0 aromatic carbocycles. The number of carbonyl (C=O) groups excluding carboxylic acids is 1. The molecule has 2 unspecified atom stereocenters. The van der Waals surface area contributed by atoms with Crippen molar-refractivity contribution in [3.8, 4) is 0 Å². The molecule has 102 valence electrons. The molecule has 0 aromatic heterocycles. The maximum absolute atomic E-state index is 12.2. The van der Waals surface area contributed by atoms with Crippen LogP contribution in [0.4, 0.5) is 0 Å². The fourth-order valence-electron chi connectivity index (χ4n) is 1.94. The Morgan fingerprint density at radius 3 is 2.35 bits per heavy atom. The number of hydrogen-bond acceptors (Lipinski definition) is 2. The van der Waals surface area contributed by atoms with Gasteiger partial charge in [0.2, 0.25) is 5.91 Å². The summed E-state index contributed by atoms with van der Waals surface area (Å²) in [7, 11) is 0. The predicted molar refractivity (Wildman–Crippen MR) is 74.1 cm³/mol. The molecule has 0 spiro atoms. The third-order valence-corrected chi connectivity index (χ3v) is 3.23. The Labute approximate surface area is 107 Å². The van der Waals surface area contributed by atoms with Crippen LogP contribution in [0.15, 0.2) is 0 Å². The molecule has 0 heterocycles. The van der Waals surface area contributed by atoms with Crippen LogP contribution in [0.5, 0.6) is 0 Å². The van der Waals surface area contributed by atoms with Crippen LogP contribution < -0.4 is 5.32 Å². The van der Waals surface area contributed by atoms with Gasteiger partial charge in [0.1, 0.15) is 0 Å². The van der Waals surface area contributed by atoms with E-state index in [1.165, 1.54) is 0 Å². The summed E-state index contributed by atoms with van der Waals surface area (Å²) in [5, 5.41) is 3.30. The van der Waals surface area contributed by atoms with Crippen LogP contribution in [0.2, 0.25) is 0 Å². The molecule has 0 aliphatic rings. The molecule has 0 bridgehead atoms. The van der Waals surface area contributed by atoms with Gasteiger partial charge in [0.25, 0.3) is 0 Å². The molecular formula is C14H30N2O. The third kappa shape index (κ3) is 6.67. The van der Waals surface area contributed by atoms with Crippen molar-refractivity contribution in [2.75, 3.05) is 13.1 Å². The van der Waals surface area contributed by atoms with Gasteiger partial charge in [-0.25, -0.2) is 0 Å². The van der Waals surface area contributed by atoms with Crippen molar-refractivity contribution in [3.05, 3.63) is 0 Å². The minimum Gasteiger partial charge on any atom is -0.340 e. The number of nitrogens with zero attached hydrogens (tertiary/aromatic N) is 1. The third-order valence-electron chi connectivity index (χ3n) is 3.23. The van der Waals surface area contributed by atoms with Gasteiger partial charge in [0.05, 0.1) is 0 Å². The lowest BCUT2D eigenvalue weighted by atomic mass is 10.1. The summed E-state index contributed by atoms with van der Waals surface area (Å²) in [6.07, 6.45) is 3.89. The largest absolute Gasteiger partial charge is 0.340 e. The van der Waals surface area contributed by atoms with Gasteiger partial charge in [0.15, 0.2) is 0 Å². The lowest BCUT2D eigenvalue weighted by Gasteiger charge is -2.29. The summed E-state index contributed by atoms with van der Waals surface area (Å²) in [5.74, 6) is 0.293. The molecule has 0 fully saturated rings. The Hall–Kier alpha value is -0.570. The van der Waals surface area contributed by atoms with Crippen molar-refractivity contribution < 1.29 is 4.79 Å². The molecule has 3 nitrogen and oxygen atoms in total. The van der Waals surface area contributed by atoms with Crippen LogP contribution in [0, 0.1) is 0 Å². The topological polar surface area (TPSA) is 32.3 Å². The van der Waals surface area contributed by atoms with Crippen molar-refractivity contribution in [3.63, 3.8) is 0 Å². The molecular weight excluding hydrogens is 212 g/mol. The van der Waals surface area contributed by atoms with E-state index < -0.39 is 0 Å². The average molecular weight is 242 g/mol. The minimum absolute atomic E-state index is 0.278. The fraction of sp³-hybridized carbons (Fsp3) is 0.929. The van der Waals surface area contributed by atoms with E-state index in [2.05, 4.69) is 44.8 Å². The zero-order valence-corrected chi connectivity index (χ0v) is 12.3. The number of carbonyl (C=O) groups is 1. The second kappa shape index (κ2) is 9.46. The first-order valence-corrected chi connectivity index (χ1v) is 7.09. The SMILES string of the molecule is CCCCN(C(=O)CC(C)NCC)C(C)CC. The Morgan fingerprint density at radius 2 is 1.88 bits per heavy atom. The highest BCUT2D eigenvalue weighted by Crippen LogP contribution is 2.09. The maximum atomic E-state index is 12.2. The van der Waals surface area contributed by atoms with Gasteiger partial charge < -0.3 is 10.2 Å². The summed E-state index contributed by atoms with van der Waals surface area (Å²) < 4.78 is 0. The van der Waals surface area contributed by atoms with E-state index in [0.717, 1.165) is 32.4 Å². The standard InChI is InChI=1S/C14H30N2O/c1-6-9-10-16(13(5)7-2)14(17)11-12(4)15-8-3/h12-13,15H,6-11H2,1-5H3. The van der Waals surface area contributed by atoms with Crippen LogP contribution in [0.1, 0.15) is 60.3 Å². The van der Waals surface area contributed by atoms with Gasteiger partial charge in [-0.3, -0.25) is 4.79 Å². The highest BCUT2D eigenvalue weighted by atomic mass is 16.2. The normalized spacial score (nSPS) is 14.4. The summed E-state index contributed by atoms with van der Waals surface area (Å²) in [4.78, 5) is 14.3. The zero-order valence-electron chi connectivity index (χ0n) is 12.3. The van der Waals surface area contributed by atoms with Crippen LogP contribution in [-0.4, -0.2) is 36.0 Å². The van der Waals surface area contributed by atoms with E-state index in [4.69, 9.17) is 0 Å². The molecule has 0 aliphatic carbocycles. The van der Waals surface area contributed by atoms with Crippen molar-refractivity contribution >= 4 is 5.91 Å². The number of unbranched alkanes of at least 4 members (excludes halogenated alkanes) is 1. The lowest BCUT2D eigenvalue weighted by molar-refractivity contribution is -0.133. The van der Waals surface area contributed by atoms with Crippen LogP contribution >= 0.6 is 0 Å². The Kier molecular flexibility index (Phi) is 9.14. The summed E-state index contributed by atoms with van der Waals surface area (Å²) >= 11 is 0. The first kappa shape index (κ1) is 16.4. The van der Waals surface area contributed by atoms with Gasteiger partial charge in [-0.15, -0.1) is 0 Å². The average Bonchev–Trinajstić information content (AvgIpc) is 2.29. The van der Waals surface area contributed by atoms with Crippen LogP contribution in [0.25, 0.3) is 0 Å². The molecule has 0 aromatic rings. The predicted octanol–water partition coefficient (Wildman–Crippen LogP) is 2.80. The molecule has 1 N–H and O–H groups in total. The molecule has 17 heavy (non-hydrogen) atoms. The van der Waals surface area contributed by atoms with Gasteiger partial charge >= 0.3 is 0 Å². The van der Waals surface area contributed by atoms with E-state index in [9.17, 15) is 4.79 Å². The molecule has 1 amide bonds. The number of rotatable bonds is 9. The highest BCUT2D eigenvalue weighted by molar-refractivity contribution is 5.77. The molecule has 3 heteroatoms. The monoisotopic (exact) mass is 242 g/mol. The molecule has 2 atom stereocenters. The Morgan fingerprint density at radius 1 is 1.24 bits per heavy atom. The smallest absolute Gasteiger partial charge is 0.224 e. The quantitative estimate of drug-likeness (QED) is 0.674. The van der Waals surface area contributed by atoms with Crippen LogP contribution in [-0.2, 0) is 4.79 Å². The molecule has 0 saturated heterocycles. The minimum atomic E-state index is 0.278. The van der Waals surface area contributed by atoms with E-state index >= 15 is 0 Å². The second-order valence-corrected chi connectivity index (χ2v) is 4.86. The fourth-order valence-corrected chi connectivity index (χ4v) is 1.94. The molecule has 0 saturated carbocycles. The van der Waals surface area contributed by atoms with Crippen molar-refractivity contribution in [1.29, 1.82) is 0 Å². The van der Waals surface area contributed by atoms with Gasteiger partial charge in [-0.05, 0) is 33.2 Å². The van der Waals surface area contributed by atoms with E-state index in [1.54, 1.807) is 0 Å². The van der Waals surface area contributed by atoms with Crippen molar-refractivity contribution in [2.24, 2.45) is 0 Å². The summed E-state index contributed by atoms with van der Waals surface area (Å²) in [5.41, 5.74) is 0. The number of amides is 1. The first-order valence-electron chi connectivity index (χ1n) is 7.09. The van der Waals surface area contributed by atoms with Crippen molar-refractivity contribution in [2.45, 2.75) is 72.4 Å². The molecule has 0 rings (SSSR count). The first-order chi connectivity index (χ1) is 8.06. The summed E-state index contributed by atoms with van der Waals surface area (Å²) in [6, 6.07) is 0.642.